The summed E-state index contributed by atoms with van der Waals surface area (Å²) in [5.74, 6) is -0.176. The zero-order chi connectivity index (χ0) is 21.4. The summed E-state index contributed by atoms with van der Waals surface area (Å²) in [4.78, 5) is 23.6. The molecule has 0 saturated heterocycles. The van der Waals surface area contributed by atoms with Crippen LogP contribution in [0.4, 0.5) is 5.69 Å². The van der Waals surface area contributed by atoms with E-state index in [1.54, 1.807) is 6.07 Å². The van der Waals surface area contributed by atoms with Crippen LogP contribution in [-0.4, -0.2) is 10.7 Å². The molecule has 0 fully saturated rings. The molecule has 4 aromatic rings. The van der Waals surface area contributed by atoms with Gasteiger partial charge in [0.2, 0.25) is 0 Å². The number of carbonyl (C=O) groups is 1. The van der Waals surface area contributed by atoms with Crippen molar-refractivity contribution in [3.05, 3.63) is 135 Å². The van der Waals surface area contributed by atoms with Gasteiger partial charge in [-0.25, -0.2) is 0 Å². The Balaban J connectivity index is 1.61. The Morgan fingerprint density at radius 2 is 1.23 bits per heavy atom. The first-order valence-corrected chi connectivity index (χ1v) is 9.92. The standard InChI is InChI=1S/C27H17NO3/c29-27-25-16-18(11-13-22(25)23-14-12-21(28(30)31)17-26(23)27)15-24(19-7-3-1-4-8-19)20-9-5-2-6-10-20/h1-17H. The zero-order valence-electron chi connectivity index (χ0n) is 16.5. The minimum atomic E-state index is -0.475. The van der Waals surface area contributed by atoms with Crippen LogP contribution in [-0.2, 0) is 0 Å². The first kappa shape index (κ1) is 18.7. The highest BCUT2D eigenvalue weighted by molar-refractivity contribution is 6.22. The van der Waals surface area contributed by atoms with E-state index < -0.39 is 4.92 Å². The molecule has 0 saturated carbocycles. The predicted molar refractivity (Wildman–Crippen MR) is 122 cm³/mol. The van der Waals surface area contributed by atoms with Gasteiger partial charge in [-0.2, -0.15) is 0 Å². The Morgan fingerprint density at radius 3 is 1.81 bits per heavy atom. The van der Waals surface area contributed by atoms with Gasteiger partial charge in [0, 0.05) is 23.3 Å². The smallest absolute Gasteiger partial charge is 0.270 e. The number of ketones is 1. The second-order valence-corrected chi connectivity index (χ2v) is 7.41. The average molecular weight is 403 g/mol. The van der Waals surface area contributed by atoms with E-state index in [1.165, 1.54) is 12.1 Å². The number of hydrogen-bond acceptors (Lipinski definition) is 3. The van der Waals surface area contributed by atoms with E-state index in [2.05, 4.69) is 30.3 Å². The topological polar surface area (TPSA) is 60.2 Å². The van der Waals surface area contributed by atoms with Crippen LogP contribution in [0.2, 0.25) is 0 Å². The highest BCUT2D eigenvalue weighted by Crippen LogP contribution is 2.39. The van der Waals surface area contributed by atoms with Crippen molar-refractivity contribution in [1.29, 1.82) is 0 Å². The summed E-state index contributed by atoms with van der Waals surface area (Å²) in [5.41, 5.74) is 6.56. The molecule has 1 aliphatic carbocycles. The molecule has 5 rings (SSSR count). The normalized spacial score (nSPS) is 11.5. The summed E-state index contributed by atoms with van der Waals surface area (Å²) in [5, 5.41) is 11.1. The number of hydrogen-bond donors (Lipinski definition) is 0. The van der Waals surface area contributed by atoms with Gasteiger partial charge in [0.25, 0.3) is 5.69 Å². The lowest BCUT2D eigenvalue weighted by Crippen LogP contribution is -1.97. The molecule has 0 aromatic heterocycles. The summed E-state index contributed by atoms with van der Waals surface area (Å²) in [7, 11) is 0. The minimum Gasteiger partial charge on any atom is -0.289 e. The third-order valence-corrected chi connectivity index (χ3v) is 5.52. The number of nitrogens with zero attached hydrogens (tertiary/aromatic N) is 1. The van der Waals surface area contributed by atoms with Crippen molar-refractivity contribution in [2.45, 2.75) is 0 Å². The highest BCUT2D eigenvalue weighted by Gasteiger charge is 2.28. The third kappa shape index (κ3) is 3.34. The molecule has 1 aliphatic rings. The molecule has 4 aromatic carbocycles. The van der Waals surface area contributed by atoms with Crippen LogP contribution in [0.25, 0.3) is 22.8 Å². The average Bonchev–Trinajstić information content (AvgIpc) is 3.09. The molecular weight excluding hydrogens is 386 g/mol. The summed E-state index contributed by atoms with van der Waals surface area (Å²) in [6, 6.07) is 30.5. The van der Waals surface area contributed by atoms with E-state index in [0.717, 1.165) is 33.4 Å². The van der Waals surface area contributed by atoms with E-state index in [0.29, 0.717) is 11.1 Å². The van der Waals surface area contributed by atoms with Crippen molar-refractivity contribution in [2.75, 3.05) is 0 Å². The Hall–Kier alpha value is -4.31. The van der Waals surface area contributed by atoms with E-state index in [1.807, 2.05) is 54.6 Å². The largest absolute Gasteiger partial charge is 0.289 e. The number of carbonyl (C=O) groups excluding carboxylic acids is 1. The molecule has 0 unspecified atom stereocenters. The summed E-state index contributed by atoms with van der Waals surface area (Å²) >= 11 is 0. The van der Waals surface area contributed by atoms with Crippen molar-refractivity contribution in [2.24, 2.45) is 0 Å². The molecule has 0 spiro atoms. The van der Waals surface area contributed by atoms with Gasteiger partial charge in [0.15, 0.2) is 5.78 Å². The first-order chi connectivity index (χ1) is 15.1. The third-order valence-electron chi connectivity index (χ3n) is 5.52. The quantitative estimate of drug-likeness (QED) is 0.198. The van der Waals surface area contributed by atoms with Crippen LogP contribution >= 0.6 is 0 Å². The van der Waals surface area contributed by atoms with Crippen molar-refractivity contribution < 1.29 is 9.72 Å². The number of nitro benzene ring substituents is 1. The number of benzene rings is 4. The lowest BCUT2D eigenvalue weighted by Gasteiger charge is -2.10. The molecule has 0 amide bonds. The number of fused-ring (bicyclic) bond motifs is 3. The molecule has 31 heavy (non-hydrogen) atoms. The van der Waals surface area contributed by atoms with Gasteiger partial charge >= 0.3 is 0 Å². The SMILES string of the molecule is O=C1c2cc(C=C(c3ccccc3)c3ccccc3)ccc2-c2ccc([N+](=O)[O-])cc21. The fourth-order valence-electron chi connectivity index (χ4n) is 4.02. The lowest BCUT2D eigenvalue weighted by molar-refractivity contribution is -0.384. The Kier molecular flexibility index (Phi) is 4.53. The Bertz CT molecular complexity index is 1310. The molecule has 0 N–H and O–H groups in total. The molecular formula is C27H17NO3. The fraction of sp³-hybridized carbons (Fsp3) is 0. The Morgan fingerprint density at radius 1 is 0.677 bits per heavy atom. The van der Waals surface area contributed by atoms with Crippen LogP contribution in [0.5, 0.6) is 0 Å². The lowest BCUT2D eigenvalue weighted by atomic mass is 9.94. The molecule has 0 heterocycles. The van der Waals surface area contributed by atoms with Crippen LogP contribution in [0, 0.1) is 10.1 Å². The van der Waals surface area contributed by atoms with Gasteiger partial charge in [-0.1, -0.05) is 72.8 Å². The van der Waals surface area contributed by atoms with Crippen LogP contribution in [0.3, 0.4) is 0 Å². The maximum atomic E-state index is 13.0. The van der Waals surface area contributed by atoms with Gasteiger partial charge in [-0.15, -0.1) is 0 Å². The van der Waals surface area contributed by atoms with E-state index in [4.69, 9.17) is 0 Å². The molecule has 4 nitrogen and oxygen atoms in total. The first-order valence-electron chi connectivity index (χ1n) is 9.92. The second kappa shape index (κ2) is 7.50. The van der Waals surface area contributed by atoms with Crippen molar-refractivity contribution >= 4 is 23.1 Å². The maximum absolute atomic E-state index is 13.0. The van der Waals surface area contributed by atoms with Gasteiger partial charge in [-0.3, -0.25) is 14.9 Å². The monoisotopic (exact) mass is 403 g/mol. The number of non-ortho nitro benzene ring substituents is 1. The van der Waals surface area contributed by atoms with Crippen LogP contribution in [0.15, 0.2) is 97.1 Å². The van der Waals surface area contributed by atoms with Gasteiger partial charge < -0.3 is 0 Å². The second-order valence-electron chi connectivity index (χ2n) is 7.41. The molecule has 0 bridgehead atoms. The van der Waals surface area contributed by atoms with Crippen molar-refractivity contribution in [3.63, 3.8) is 0 Å². The zero-order valence-corrected chi connectivity index (χ0v) is 16.5. The molecule has 0 radical (unpaired) electrons. The molecule has 148 valence electrons. The summed E-state index contributed by atoms with van der Waals surface area (Å²) in [6.45, 7) is 0. The highest BCUT2D eigenvalue weighted by atomic mass is 16.6. The van der Waals surface area contributed by atoms with Crippen LogP contribution < -0.4 is 0 Å². The number of rotatable bonds is 4. The minimum absolute atomic E-state index is 0.0736. The van der Waals surface area contributed by atoms with Gasteiger partial charge in [0.05, 0.1) is 4.92 Å². The number of nitro groups is 1. The Labute approximate surface area is 179 Å². The molecule has 0 aliphatic heterocycles. The summed E-state index contributed by atoms with van der Waals surface area (Å²) < 4.78 is 0. The summed E-state index contributed by atoms with van der Waals surface area (Å²) in [6.07, 6.45) is 2.07. The molecule has 0 atom stereocenters. The van der Waals surface area contributed by atoms with Crippen LogP contribution in [0.1, 0.15) is 32.6 Å². The fourth-order valence-corrected chi connectivity index (χ4v) is 4.02. The van der Waals surface area contributed by atoms with E-state index in [-0.39, 0.29) is 11.5 Å². The maximum Gasteiger partial charge on any atom is 0.270 e. The van der Waals surface area contributed by atoms with Gasteiger partial charge in [-0.05, 0) is 51.6 Å². The van der Waals surface area contributed by atoms with E-state index >= 15 is 0 Å². The van der Waals surface area contributed by atoms with Crippen molar-refractivity contribution in [3.8, 4) is 11.1 Å². The molecule has 4 heteroatoms. The van der Waals surface area contributed by atoms with Gasteiger partial charge in [0.1, 0.15) is 0 Å². The predicted octanol–water partition coefficient (Wildman–Crippen LogP) is 6.40. The van der Waals surface area contributed by atoms with Crippen molar-refractivity contribution in [1.82, 2.24) is 0 Å². The van der Waals surface area contributed by atoms with E-state index in [9.17, 15) is 14.9 Å².